The largest absolute Gasteiger partial charge is 0.381 e. The maximum atomic E-state index is 5.47. The van der Waals surface area contributed by atoms with Crippen molar-refractivity contribution in [2.75, 3.05) is 25.1 Å². The Bertz CT molecular complexity index is 639. The minimum Gasteiger partial charge on any atom is -0.381 e. The zero-order valence-corrected chi connectivity index (χ0v) is 14.4. The summed E-state index contributed by atoms with van der Waals surface area (Å²) in [5, 5.41) is 13.2. The van der Waals surface area contributed by atoms with Crippen LogP contribution in [0.4, 0.5) is 5.95 Å². The number of anilines is 1. The van der Waals surface area contributed by atoms with E-state index in [0.29, 0.717) is 12.0 Å². The lowest BCUT2D eigenvalue weighted by Gasteiger charge is -2.32. The van der Waals surface area contributed by atoms with E-state index in [1.54, 1.807) is 11.8 Å². The Kier molecular flexibility index (Phi) is 4.66. The Labute approximate surface area is 137 Å². The highest BCUT2D eigenvalue weighted by atomic mass is 16.5. The predicted molar refractivity (Wildman–Crippen MR) is 89.3 cm³/mol. The molecule has 0 spiro atoms. The van der Waals surface area contributed by atoms with Crippen LogP contribution in [-0.2, 0) is 18.3 Å². The SMILES string of the molecule is COC1CCN(c2nnc(-c3cnn(C)c3)n2CC(C)C)CC1. The van der Waals surface area contributed by atoms with Gasteiger partial charge in [0.1, 0.15) is 0 Å². The second-order valence-electron chi connectivity index (χ2n) is 6.65. The summed E-state index contributed by atoms with van der Waals surface area (Å²) in [6.45, 7) is 7.25. The summed E-state index contributed by atoms with van der Waals surface area (Å²) < 4.78 is 9.50. The highest BCUT2D eigenvalue weighted by molar-refractivity contribution is 5.55. The number of ether oxygens (including phenoxy) is 1. The number of aromatic nitrogens is 5. The fourth-order valence-corrected chi connectivity index (χ4v) is 3.10. The van der Waals surface area contributed by atoms with Crippen LogP contribution in [0.3, 0.4) is 0 Å². The van der Waals surface area contributed by atoms with E-state index in [-0.39, 0.29) is 0 Å². The lowest BCUT2D eigenvalue weighted by molar-refractivity contribution is 0.0815. The van der Waals surface area contributed by atoms with Gasteiger partial charge in [-0.15, -0.1) is 10.2 Å². The summed E-state index contributed by atoms with van der Waals surface area (Å²) >= 11 is 0. The molecule has 1 aliphatic rings. The van der Waals surface area contributed by atoms with E-state index in [1.165, 1.54) is 0 Å². The summed E-state index contributed by atoms with van der Waals surface area (Å²) in [6, 6.07) is 0. The third-order valence-electron chi connectivity index (χ3n) is 4.30. The molecule has 2 aromatic heterocycles. The molecule has 23 heavy (non-hydrogen) atoms. The van der Waals surface area contributed by atoms with Gasteiger partial charge < -0.3 is 9.64 Å². The quantitative estimate of drug-likeness (QED) is 0.843. The van der Waals surface area contributed by atoms with Crippen LogP contribution in [0, 0.1) is 5.92 Å². The second-order valence-corrected chi connectivity index (χ2v) is 6.65. The monoisotopic (exact) mass is 318 g/mol. The Morgan fingerprint density at radius 2 is 2.00 bits per heavy atom. The molecule has 3 heterocycles. The van der Waals surface area contributed by atoms with Crippen LogP contribution in [0.15, 0.2) is 12.4 Å². The molecular formula is C16H26N6O. The first kappa shape index (κ1) is 16.0. The van der Waals surface area contributed by atoms with E-state index in [9.17, 15) is 0 Å². The van der Waals surface area contributed by atoms with E-state index in [1.807, 2.05) is 19.4 Å². The Balaban J connectivity index is 1.89. The number of hydrogen-bond donors (Lipinski definition) is 0. The molecule has 1 saturated heterocycles. The summed E-state index contributed by atoms with van der Waals surface area (Å²) in [6.07, 6.45) is 6.27. The number of hydrogen-bond acceptors (Lipinski definition) is 5. The van der Waals surface area contributed by atoms with Crippen LogP contribution in [-0.4, -0.2) is 50.8 Å². The molecule has 0 amide bonds. The van der Waals surface area contributed by atoms with Crippen molar-refractivity contribution in [3.8, 4) is 11.4 Å². The second kappa shape index (κ2) is 6.70. The van der Waals surface area contributed by atoms with Gasteiger partial charge in [0.05, 0.1) is 17.9 Å². The molecule has 0 N–H and O–H groups in total. The molecule has 0 atom stereocenters. The molecule has 0 bridgehead atoms. The van der Waals surface area contributed by atoms with E-state index < -0.39 is 0 Å². The summed E-state index contributed by atoms with van der Waals surface area (Å²) in [5.74, 6) is 2.39. The average molecular weight is 318 g/mol. The van der Waals surface area contributed by atoms with Crippen LogP contribution in [0.25, 0.3) is 11.4 Å². The van der Waals surface area contributed by atoms with Crippen molar-refractivity contribution in [3.63, 3.8) is 0 Å². The molecular weight excluding hydrogens is 292 g/mol. The van der Waals surface area contributed by atoms with Gasteiger partial charge in [0.2, 0.25) is 5.95 Å². The van der Waals surface area contributed by atoms with Crippen LogP contribution >= 0.6 is 0 Å². The molecule has 0 aliphatic carbocycles. The maximum Gasteiger partial charge on any atom is 0.227 e. The molecule has 0 aromatic carbocycles. The smallest absolute Gasteiger partial charge is 0.227 e. The van der Waals surface area contributed by atoms with Crippen molar-refractivity contribution >= 4 is 5.95 Å². The van der Waals surface area contributed by atoms with Gasteiger partial charge in [0, 0.05) is 40.0 Å². The molecule has 0 saturated carbocycles. The molecule has 2 aromatic rings. The van der Waals surface area contributed by atoms with Crippen LogP contribution in [0.2, 0.25) is 0 Å². The summed E-state index contributed by atoms with van der Waals surface area (Å²) in [4.78, 5) is 2.32. The molecule has 7 nitrogen and oxygen atoms in total. The topological polar surface area (TPSA) is 61.0 Å². The van der Waals surface area contributed by atoms with Crippen molar-refractivity contribution < 1.29 is 4.74 Å². The Hall–Kier alpha value is -1.89. The number of piperidine rings is 1. The first-order valence-corrected chi connectivity index (χ1v) is 8.28. The number of rotatable bonds is 5. The molecule has 1 fully saturated rings. The number of aryl methyl sites for hydroxylation is 1. The van der Waals surface area contributed by atoms with E-state index in [4.69, 9.17) is 4.74 Å². The summed E-state index contributed by atoms with van der Waals surface area (Å²) in [5.41, 5.74) is 1.01. The first-order chi connectivity index (χ1) is 11.1. The van der Waals surface area contributed by atoms with Crippen molar-refractivity contribution in [2.24, 2.45) is 13.0 Å². The third-order valence-corrected chi connectivity index (χ3v) is 4.30. The average Bonchev–Trinajstić information content (AvgIpc) is 3.13. The summed E-state index contributed by atoms with van der Waals surface area (Å²) in [7, 11) is 3.71. The van der Waals surface area contributed by atoms with Crippen molar-refractivity contribution in [2.45, 2.75) is 39.3 Å². The van der Waals surface area contributed by atoms with Crippen molar-refractivity contribution in [1.29, 1.82) is 0 Å². The normalized spacial score (nSPS) is 16.5. The zero-order chi connectivity index (χ0) is 16.4. The van der Waals surface area contributed by atoms with Crippen molar-refractivity contribution in [3.05, 3.63) is 12.4 Å². The van der Waals surface area contributed by atoms with Crippen LogP contribution in [0.5, 0.6) is 0 Å². The molecule has 0 unspecified atom stereocenters. The minimum absolute atomic E-state index is 0.366. The van der Waals surface area contributed by atoms with Gasteiger partial charge in [-0.2, -0.15) is 5.10 Å². The predicted octanol–water partition coefficient (Wildman–Crippen LogP) is 1.95. The fraction of sp³-hybridized carbons (Fsp3) is 0.688. The van der Waals surface area contributed by atoms with Gasteiger partial charge in [-0.1, -0.05) is 13.8 Å². The Morgan fingerprint density at radius 1 is 1.26 bits per heavy atom. The zero-order valence-electron chi connectivity index (χ0n) is 14.4. The number of methoxy groups -OCH3 is 1. The highest BCUT2D eigenvalue weighted by Crippen LogP contribution is 2.26. The lowest BCUT2D eigenvalue weighted by Crippen LogP contribution is -2.38. The van der Waals surface area contributed by atoms with Gasteiger partial charge in [0.25, 0.3) is 0 Å². The number of nitrogens with zero attached hydrogens (tertiary/aromatic N) is 6. The maximum absolute atomic E-state index is 5.47. The Morgan fingerprint density at radius 3 is 2.57 bits per heavy atom. The highest BCUT2D eigenvalue weighted by Gasteiger charge is 2.25. The first-order valence-electron chi connectivity index (χ1n) is 8.28. The van der Waals surface area contributed by atoms with Crippen LogP contribution in [0.1, 0.15) is 26.7 Å². The third kappa shape index (κ3) is 3.39. The molecule has 1 aliphatic heterocycles. The molecule has 7 heteroatoms. The van der Waals surface area contributed by atoms with Crippen LogP contribution < -0.4 is 4.90 Å². The molecule has 0 radical (unpaired) electrons. The van der Waals surface area contributed by atoms with E-state index >= 15 is 0 Å². The van der Waals surface area contributed by atoms with Gasteiger partial charge >= 0.3 is 0 Å². The fourth-order valence-electron chi connectivity index (χ4n) is 3.10. The van der Waals surface area contributed by atoms with Gasteiger partial charge in [-0.25, -0.2) is 0 Å². The van der Waals surface area contributed by atoms with Gasteiger partial charge in [-0.3, -0.25) is 9.25 Å². The van der Waals surface area contributed by atoms with E-state index in [2.05, 4.69) is 38.6 Å². The van der Waals surface area contributed by atoms with Crippen molar-refractivity contribution in [1.82, 2.24) is 24.5 Å². The minimum atomic E-state index is 0.366. The molecule has 3 rings (SSSR count). The van der Waals surface area contributed by atoms with E-state index in [0.717, 1.165) is 49.8 Å². The van der Waals surface area contributed by atoms with Gasteiger partial charge in [-0.05, 0) is 18.8 Å². The molecule has 126 valence electrons. The van der Waals surface area contributed by atoms with Gasteiger partial charge in [0.15, 0.2) is 5.82 Å². The standard InChI is InChI=1S/C16H26N6O/c1-12(2)10-22-15(13-9-17-20(3)11-13)18-19-16(22)21-7-5-14(23-4)6-8-21/h9,11-12,14H,5-8,10H2,1-4H3. The lowest BCUT2D eigenvalue weighted by atomic mass is 10.1.